The fraction of sp³-hybridized carbons (Fsp3) is 0.571. The van der Waals surface area contributed by atoms with Crippen LogP contribution < -0.4 is 0 Å². The van der Waals surface area contributed by atoms with Gasteiger partial charge in [0.15, 0.2) is 0 Å². The Labute approximate surface area is 183 Å². The fourth-order valence-corrected chi connectivity index (χ4v) is 1.07. The maximum Gasteiger partial charge on any atom is -0.0398 e. The molecule has 0 unspecified atom stereocenters. The molecule has 28 heavy (non-hydrogen) atoms. The van der Waals surface area contributed by atoms with E-state index in [1.54, 1.807) is 0 Å². The summed E-state index contributed by atoms with van der Waals surface area (Å²) in [6.07, 6.45) is 0. The summed E-state index contributed by atoms with van der Waals surface area (Å²) in [6.45, 7) is 28.2. The molecule has 0 amide bonds. The van der Waals surface area contributed by atoms with E-state index in [0.29, 0.717) is 0 Å². The zero-order valence-corrected chi connectivity index (χ0v) is 20.8. The van der Waals surface area contributed by atoms with Crippen molar-refractivity contribution in [2.45, 2.75) is 112 Å². The van der Waals surface area contributed by atoms with Crippen molar-refractivity contribution in [1.82, 2.24) is 0 Å². The summed E-state index contributed by atoms with van der Waals surface area (Å²) < 4.78 is 0. The van der Waals surface area contributed by atoms with Gasteiger partial charge in [-0.1, -0.05) is 170 Å². The van der Waals surface area contributed by atoms with Crippen molar-refractivity contribution < 1.29 is 0 Å². The Kier molecular flexibility index (Phi) is 131. The number of hydrogen-bond acceptors (Lipinski definition) is 0. The van der Waals surface area contributed by atoms with Crippen molar-refractivity contribution >= 4 is 0 Å². The second-order valence-electron chi connectivity index (χ2n) is 3.31. The number of rotatable bonds is 0. The quantitative estimate of drug-likeness (QED) is 0.415. The van der Waals surface area contributed by atoms with Crippen LogP contribution in [-0.2, 0) is 0 Å². The van der Waals surface area contributed by atoms with Gasteiger partial charge < -0.3 is 0 Å². The summed E-state index contributed by atoms with van der Waals surface area (Å²) in [4.78, 5) is 0. The van der Waals surface area contributed by atoms with Gasteiger partial charge in [-0.2, -0.15) is 0 Å². The predicted molar refractivity (Wildman–Crippen MR) is 144 cm³/mol. The average Bonchev–Trinajstić information content (AvgIpc) is 2.78. The molecule has 2 aromatic rings. The largest absolute Gasteiger partial charge is 0.0776 e. The molecule has 0 bridgehead atoms. The SMILES string of the molecule is C.C.CC.CC.CC.CC.CC.CC.Cc1ccccc1.Cc1ccccc1. The highest BCUT2D eigenvalue weighted by Crippen LogP contribution is 1.92. The zero-order chi connectivity index (χ0) is 22.2. The minimum absolute atomic E-state index is 0. The summed E-state index contributed by atoms with van der Waals surface area (Å²) in [7, 11) is 0. The van der Waals surface area contributed by atoms with Gasteiger partial charge in [0.2, 0.25) is 0 Å². The Hall–Kier alpha value is -1.56. The van der Waals surface area contributed by atoms with E-state index in [1.807, 2.05) is 119 Å². The van der Waals surface area contributed by atoms with Gasteiger partial charge in [0.25, 0.3) is 0 Å². The molecule has 0 fully saturated rings. The number of benzene rings is 2. The van der Waals surface area contributed by atoms with Crippen LogP contribution in [0.2, 0.25) is 0 Å². The lowest BCUT2D eigenvalue weighted by Gasteiger charge is -1.82. The lowest BCUT2D eigenvalue weighted by Crippen LogP contribution is -1.62. The Bertz CT molecular complexity index is 297. The first-order valence-electron chi connectivity index (χ1n) is 10.8. The van der Waals surface area contributed by atoms with Crippen LogP contribution in [0.4, 0.5) is 0 Å². The van der Waals surface area contributed by atoms with Crippen molar-refractivity contribution in [3.63, 3.8) is 0 Å². The minimum atomic E-state index is 0. The van der Waals surface area contributed by atoms with Crippen molar-refractivity contribution in [1.29, 1.82) is 0 Å². The second kappa shape index (κ2) is 72.9. The van der Waals surface area contributed by atoms with E-state index in [4.69, 9.17) is 0 Å². The lowest BCUT2D eigenvalue weighted by atomic mass is 10.2. The predicted octanol–water partition coefficient (Wildman–Crippen LogP) is 11.4. The van der Waals surface area contributed by atoms with Crippen LogP contribution in [0.25, 0.3) is 0 Å². The molecule has 0 aromatic heterocycles. The monoisotopic (exact) mass is 396 g/mol. The second-order valence-corrected chi connectivity index (χ2v) is 3.31. The van der Waals surface area contributed by atoms with E-state index in [-0.39, 0.29) is 14.9 Å². The van der Waals surface area contributed by atoms with Crippen LogP contribution in [-0.4, -0.2) is 0 Å². The van der Waals surface area contributed by atoms with Crippen LogP contribution in [0.15, 0.2) is 60.7 Å². The summed E-state index contributed by atoms with van der Waals surface area (Å²) in [5.74, 6) is 0. The van der Waals surface area contributed by atoms with Crippen molar-refractivity contribution in [3.8, 4) is 0 Å². The average molecular weight is 397 g/mol. The molecule has 0 heterocycles. The Balaban J connectivity index is -0.0000000299. The highest BCUT2D eigenvalue weighted by Gasteiger charge is 1.72. The molecule has 0 radical (unpaired) electrons. The molecule has 0 N–H and O–H groups in total. The van der Waals surface area contributed by atoms with Crippen LogP contribution in [0.5, 0.6) is 0 Å². The third-order valence-electron chi connectivity index (χ3n) is 1.88. The molecule has 172 valence electrons. The summed E-state index contributed by atoms with van der Waals surface area (Å²) >= 11 is 0. The van der Waals surface area contributed by atoms with E-state index in [2.05, 4.69) is 38.1 Å². The van der Waals surface area contributed by atoms with E-state index in [1.165, 1.54) is 11.1 Å². The van der Waals surface area contributed by atoms with Crippen molar-refractivity contribution in [2.75, 3.05) is 0 Å². The highest BCUT2D eigenvalue weighted by atomic mass is 13.8. The molecule has 0 aliphatic carbocycles. The minimum Gasteiger partial charge on any atom is -0.0776 e. The van der Waals surface area contributed by atoms with Gasteiger partial charge in [0.1, 0.15) is 0 Å². The van der Waals surface area contributed by atoms with E-state index in [0.717, 1.165) is 0 Å². The molecule has 0 nitrogen and oxygen atoms in total. The van der Waals surface area contributed by atoms with E-state index >= 15 is 0 Å². The van der Waals surface area contributed by atoms with Crippen molar-refractivity contribution in [2.24, 2.45) is 0 Å². The van der Waals surface area contributed by atoms with Gasteiger partial charge in [0, 0.05) is 0 Å². The van der Waals surface area contributed by atoms with Crippen LogP contribution in [0.3, 0.4) is 0 Å². The van der Waals surface area contributed by atoms with Gasteiger partial charge in [-0.3, -0.25) is 0 Å². The molecule has 0 atom stereocenters. The van der Waals surface area contributed by atoms with Crippen LogP contribution in [0.1, 0.15) is 109 Å². The zero-order valence-electron chi connectivity index (χ0n) is 20.8. The summed E-state index contributed by atoms with van der Waals surface area (Å²) in [5, 5.41) is 0. The molecule has 0 saturated heterocycles. The van der Waals surface area contributed by atoms with Gasteiger partial charge >= 0.3 is 0 Å². The molecule has 0 spiro atoms. The number of hydrogen-bond donors (Lipinski definition) is 0. The smallest absolute Gasteiger partial charge is 0.0398 e. The topological polar surface area (TPSA) is 0 Å². The van der Waals surface area contributed by atoms with Gasteiger partial charge in [-0.25, -0.2) is 0 Å². The molecule has 0 aliphatic rings. The normalized spacial score (nSPS) is 5.64. The Morgan fingerprint density at radius 2 is 0.464 bits per heavy atom. The standard InChI is InChI=1S/2C7H8.6C2H6.2CH4/c2*1-7-5-3-2-4-6-7;6*1-2;;/h2*2-6H,1H3;6*1-2H3;2*1H4. The lowest BCUT2D eigenvalue weighted by molar-refractivity contribution is 1.48. The summed E-state index contributed by atoms with van der Waals surface area (Å²) in [6, 6.07) is 20.5. The molecule has 2 rings (SSSR count). The first-order valence-corrected chi connectivity index (χ1v) is 10.8. The Morgan fingerprint density at radius 1 is 0.321 bits per heavy atom. The molecule has 0 heteroatoms. The number of aryl methyl sites for hydroxylation is 2. The maximum atomic E-state index is 2.08. The van der Waals surface area contributed by atoms with Crippen LogP contribution >= 0.6 is 0 Å². The van der Waals surface area contributed by atoms with Gasteiger partial charge in [-0.15, -0.1) is 0 Å². The van der Waals surface area contributed by atoms with Gasteiger partial charge in [-0.05, 0) is 13.8 Å². The third-order valence-corrected chi connectivity index (χ3v) is 1.88. The molecular weight excluding hydrogens is 336 g/mol. The van der Waals surface area contributed by atoms with Crippen molar-refractivity contribution in [3.05, 3.63) is 71.8 Å². The summed E-state index contributed by atoms with van der Waals surface area (Å²) in [5.41, 5.74) is 2.64. The molecular formula is C28H60. The maximum absolute atomic E-state index is 2.08. The van der Waals surface area contributed by atoms with Gasteiger partial charge in [0.05, 0.1) is 0 Å². The highest BCUT2D eigenvalue weighted by molar-refractivity contribution is 5.12. The molecule has 0 saturated carbocycles. The Morgan fingerprint density at radius 3 is 0.536 bits per heavy atom. The first-order chi connectivity index (χ1) is 12.8. The van der Waals surface area contributed by atoms with E-state index in [9.17, 15) is 0 Å². The molecule has 0 aliphatic heterocycles. The first kappa shape index (κ1) is 50.3. The van der Waals surface area contributed by atoms with E-state index < -0.39 is 0 Å². The fourth-order valence-electron chi connectivity index (χ4n) is 1.07. The van der Waals surface area contributed by atoms with Crippen LogP contribution in [0, 0.1) is 13.8 Å². The third kappa shape index (κ3) is 64.4. The molecule has 2 aromatic carbocycles.